The number of alkyl halides is 1. The van der Waals surface area contributed by atoms with Crippen LogP contribution in [-0.2, 0) is 25.5 Å². The predicted octanol–water partition coefficient (Wildman–Crippen LogP) is 2.57. The molecule has 0 unspecified atom stereocenters. The van der Waals surface area contributed by atoms with Gasteiger partial charge in [0.2, 0.25) is 5.91 Å². The lowest BCUT2D eigenvalue weighted by atomic mass is 10.1. The van der Waals surface area contributed by atoms with Crippen molar-refractivity contribution in [2.24, 2.45) is 0 Å². The van der Waals surface area contributed by atoms with Gasteiger partial charge in [0.1, 0.15) is 24.3 Å². The molecule has 0 heterocycles. The zero-order chi connectivity index (χ0) is 20.4. The number of rotatable bonds is 8. The van der Waals surface area contributed by atoms with E-state index < -0.39 is 35.7 Å². The summed E-state index contributed by atoms with van der Waals surface area (Å²) in [6.45, 7) is 6.95. The first-order valence-electron chi connectivity index (χ1n) is 8.69. The number of carbonyl (C=O) groups is 3. The Labute approximate surface area is 168 Å². The standard InChI is InChI=1S/C19H27BrN2O5/c1-13(17(24)26-11-10-20)21-16(23)15(12-14-8-6-5-7-9-14)22-18(25)27-19(2,3)4/h5-9,13,15H,10-12H2,1-4H3,(H,21,23)(H,22,25)/t13-,15-/m0/s1. The van der Waals surface area contributed by atoms with E-state index in [4.69, 9.17) is 9.47 Å². The second-order valence-corrected chi connectivity index (χ2v) is 7.77. The van der Waals surface area contributed by atoms with Crippen LogP contribution in [0.3, 0.4) is 0 Å². The van der Waals surface area contributed by atoms with Crippen molar-refractivity contribution in [1.29, 1.82) is 0 Å². The van der Waals surface area contributed by atoms with Gasteiger partial charge in [0, 0.05) is 11.8 Å². The summed E-state index contributed by atoms with van der Waals surface area (Å²) in [5.74, 6) is -1.04. The fourth-order valence-electron chi connectivity index (χ4n) is 2.15. The van der Waals surface area contributed by atoms with Crippen LogP contribution in [0.2, 0.25) is 0 Å². The number of carbonyl (C=O) groups excluding carboxylic acids is 3. The van der Waals surface area contributed by atoms with Crippen LogP contribution in [0.15, 0.2) is 30.3 Å². The molecule has 0 spiro atoms. The van der Waals surface area contributed by atoms with E-state index in [0.29, 0.717) is 5.33 Å². The molecule has 0 bridgehead atoms. The molecule has 0 aliphatic carbocycles. The van der Waals surface area contributed by atoms with Crippen molar-refractivity contribution >= 4 is 33.9 Å². The lowest BCUT2D eigenvalue weighted by Crippen LogP contribution is -2.52. The summed E-state index contributed by atoms with van der Waals surface area (Å²) >= 11 is 3.16. The highest BCUT2D eigenvalue weighted by molar-refractivity contribution is 9.09. The number of amides is 2. The molecule has 0 aromatic heterocycles. The molecule has 2 atom stereocenters. The Morgan fingerprint density at radius 1 is 1.11 bits per heavy atom. The maximum atomic E-state index is 12.6. The topological polar surface area (TPSA) is 93.7 Å². The van der Waals surface area contributed by atoms with Crippen LogP contribution in [0.25, 0.3) is 0 Å². The second-order valence-electron chi connectivity index (χ2n) is 6.98. The summed E-state index contributed by atoms with van der Waals surface area (Å²) in [4.78, 5) is 36.6. The molecule has 0 aliphatic heterocycles. The molecule has 2 N–H and O–H groups in total. The number of hydrogen-bond acceptors (Lipinski definition) is 5. The fourth-order valence-corrected chi connectivity index (χ4v) is 2.31. The number of hydrogen-bond donors (Lipinski definition) is 2. The van der Waals surface area contributed by atoms with Gasteiger partial charge in [-0.1, -0.05) is 46.3 Å². The number of esters is 1. The molecule has 1 rings (SSSR count). The van der Waals surface area contributed by atoms with E-state index in [1.807, 2.05) is 30.3 Å². The highest BCUT2D eigenvalue weighted by atomic mass is 79.9. The van der Waals surface area contributed by atoms with E-state index >= 15 is 0 Å². The fraction of sp³-hybridized carbons (Fsp3) is 0.526. The third-order valence-electron chi connectivity index (χ3n) is 3.32. The first kappa shape index (κ1) is 23.0. The van der Waals surface area contributed by atoms with Gasteiger partial charge in [-0.2, -0.15) is 0 Å². The third kappa shape index (κ3) is 9.42. The Morgan fingerprint density at radius 3 is 2.30 bits per heavy atom. The number of halogens is 1. The zero-order valence-electron chi connectivity index (χ0n) is 16.1. The highest BCUT2D eigenvalue weighted by Crippen LogP contribution is 2.09. The van der Waals surface area contributed by atoms with Crippen LogP contribution in [0.1, 0.15) is 33.3 Å². The summed E-state index contributed by atoms with van der Waals surface area (Å²) in [5, 5.41) is 5.66. The van der Waals surface area contributed by atoms with Crippen LogP contribution >= 0.6 is 15.9 Å². The van der Waals surface area contributed by atoms with Gasteiger partial charge >= 0.3 is 12.1 Å². The summed E-state index contributed by atoms with van der Waals surface area (Å²) in [5.41, 5.74) is 0.174. The van der Waals surface area contributed by atoms with Crippen molar-refractivity contribution in [2.45, 2.75) is 51.8 Å². The van der Waals surface area contributed by atoms with Crippen molar-refractivity contribution < 1.29 is 23.9 Å². The molecule has 0 aliphatic rings. The molecule has 27 heavy (non-hydrogen) atoms. The van der Waals surface area contributed by atoms with Gasteiger partial charge in [-0.15, -0.1) is 0 Å². The quantitative estimate of drug-likeness (QED) is 0.476. The van der Waals surface area contributed by atoms with Crippen LogP contribution < -0.4 is 10.6 Å². The van der Waals surface area contributed by atoms with E-state index in [9.17, 15) is 14.4 Å². The molecule has 1 aromatic carbocycles. The minimum Gasteiger partial charge on any atom is -0.463 e. The zero-order valence-corrected chi connectivity index (χ0v) is 17.7. The van der Waals surface area contributed by atoms with Crippen LogP contribution in [-0.4, -0.2) is 47.6 Å². The average Bonchev–Trinajstić information content (AvgIpc) is 2.58. The summed E-state index contributed by atoms with van der Waals surface area (Å²) < 4.78 is 10.2. The summed E-state index contributed by atoms with van der Waals surface area (Å²) in [7, 11) is 0. The third-order valence-corrected chi connectivity index (χ3v) is 3.65. The lowest BCUT2D eigenvalue weighted by Gasteiger charge is -2.24. The highest BCUT2D eigenvalue weighted by Gasteiger charge is 2.27. The Balaban J connectivity index is 2.81. The molecule has 0 fully saturated rings. The Hall–Kier alpha value is -2.09. The Morgan fingerprint density at radius 2 is 1.74 bits per heavy atom. The summed E-state index contributed by atoms with van der Waals surface area (Å²) in [6, 6.07) is 7.52. The van der Waals surface area contributed by atoms with Crippen LogP contribution in [0.5, 0.6) is 0 Å². The molecular weight excluding hydrogens is 416 g/mol. The van der Waals surface area contributed by atoms with Crippen molar-refractivity contribution in [3.8, 4) is 0 Å². The monoisotopic (exact) mass is 442 g/mol. The first-order chi connectivity index (χ1) is 12.6. The Bertz CT molecular complexity index is 631. The van der Waals surface area contributed by atoms with Gasteiger partial charge in [-0.3, -0.25) is 4.79 Å². The Kier molecular flexibility index (Phi) is 9.28. The van der Waals surface area contributed by atoms with Gasteiger partial charge in [-0.05, 0) is 33.3 Å². The molecule has 7 nitrogen and oxygen atoms in total. The van der Waals surface area contributed by atoms with E-state index in [1.165, 1.54) is 6.92 Å². The summed E-state index contributed by atoms with van der Waals surface area (Å²) in [6.07, 6.45) is -0.442. The molecule has 2 amide bonds. The molecule has 0 saturated carbocycles. The van der Waals surface area contributed by atoms with Crippen LogP contribution in [0.4, 0.5) is 4.79 Å². The molecule has 150 valence electrons. The first-order valence-corrected chi connectivity index (χ1v) is 9.81. The maximum absolute atomic E-state index is 12.6. The molecule has 1 aromatic rings. The SMILES string of the molecule is C[C@H](NC(=O)[C@H](Cc1ccccc1)NC(=O)OC(C)(C)C)C(=O)OCCBr. The lowest BCUT2D eigenvalue weighted by molar-refractivity contribution is -0.146. The number of ether oxygens (including phenoxy) is 2. The molecule has 8 heteroatoms. The van der Waals surface area contributed by atoms with E-state index in [0.717, 1.165) is 5.56 Å². The van der Waals surface area contributed by atoms with E-state index in [2.05, 4.69) is 26.6 Å². The maximum Gasteiger partial charge on any atom is 0.408 e. The smallest absolute Gasteiger partial charge is 0.408 e. The molecular formula is C19H27BrN2O5. The largest absolute Gasteiger partial charge is 0.463 e. The van der Waals surface area contributed by atoms with Crippen molar-refractivity contribution in [2.75, 3.05) is 11.9 Å². The normalized spacial score (nSPS) is 13.2. The van der Waals surface area contributed by atoms with E-state index in [1.54, 1.807) is 20.8 Å². The van der Waals surface area contributed by atoms with Gasteiger partial charge in [0.15, 0.2) is 0 Å². The molecule has 0 radical (unpaired) electrons. The van der Waals surface area contributed by atoms with Gasteiger partial charge in [-0.25, -0.2) is 9.59 Å². The molecule has 0 saturated heterocycles. The van der Waals surface area contributed by atoms with Crippen molar-refractivity contribution in [1.82, 2.24) is 10.6 Å². The minimum atomic E-state index is -0.895. The van der Waals surface area contributed by atoms with Crippen LogP contribution in [0, 0.1) is 0 Å². The predicted molar refractivity (Wildman–Crippen MR) is 106 cm³/mol. The number of nitrogens with one attached hydrogen (secondary N) is 2. The minimum absolute atomic E-state index is 0.211. The van der Waals surface area contributed by atoms with Crippen molar-refractivity contribution in [3.63, 3.8) is 0 Å². The van der Waals surface area contributed by atoms with Crippen molar-refractivity contribution in [3.05, 3.63) is 35.9 Å². The van der Waals surface area contributed by atoms with E-state index in [-0.39, 0.29) is 13.0 Å². The number of alkyl carbamates (subject to hydrolysis) is 1. The van der Waals surface area contributed by atoms with Gasteiger partial charge in [0.25, 0.3) is 0 Å². The van der Waals surface area contributed by atoms with Gasteiger partial charge < -0.3 is 20.1 Å². The number of benzene rings is 1. The average molecular weight is 443 g/mol. The second kappa shape index (κ2) is 10.9. The van der Waals surface area contributed by atoms with Gasteiger partial charge in [0.05, 0.1) is 0 Å².